The Balaban J connectivity index is 1.86. The smallest absolute Gasteiger partial charge is 0.159 e. The largest absolute Gasteiger partial charge is 0.236 e. The van der Waals surface area contributed by atoms with E-state index >= 15 is 0 Å². The van der Waals surface area contributed by atoms with Crippen LogP contribution >= 0.6 is 0 Å². The summed E-state index contributed by atoms with van der Waals surface area (Å²) in [7, 11) is 0. The van der Waals surface area contributed by atoms with Gasteiger partial charge in [-0.2, -0.15) is 0 Å². The first-order chi connectivity index (χ1) is 8.83. The van der Waals surface area contributed by atoms with Gasteiger partial charge in [-0.1, -0.05) is 36.4 Å². The third-order valence-corrected chi connectivity index (χ3v) is 3.95. The molecule has 2 aromatic rings. The van der Waals surface area contributed by atoms with Crippen molar-refractivity contribution in [2.75, 3.05) is 0 Å². The highest BCUT2D eigenvalue weighted by molar-refractivity contribution is 5.64. The lowest BCUT2D eigenvalue weighted by Gasteiger charge is -2.11. The summed E-state index contributed by atoms with van der Waals surface area (Å²) in [6.07, 6.45) is 7.69. The van der Waals surface area contributed by atoms with E-state index in [0.717, 1.165) is 17.3 Å². The quantitative estimate of drug-likeness (QED) is 0.753. The number of allylic oxidation sites excluding steroid dienone is 1. The molecule has 0 spiro atoms. The highest BCUT2D eigenvalue weighted by atomic mass is 14.9. The van der Waals surface area contributed by atoms with Crippen LogP contribution in [0.1, 0.15) is 29.2 Å². The van der Waals surface area contributed by atoms with Crippen LogP contribution in [0.25, 0.3) is 17.5 Å². The third-order valence-electron chi connectivity index (χ3n) is 3.95. The Morgan fingerprint density at radius 3 is 3.00 bits per heavy atom. The summed E-state index contributed by atoms with van der Waals surface area (Å²) in [5.74, 6) is 2.25. The maximum atomic E-state index is 4.80. The van der Waals surface area contributed by atoms with Crippen molar-refractivity contribution in [1.29, 1.82) is 0 Å². The fraction of sp³-hybridized carbons (Fsp3) is 0.250. The van der Waals surface area contributed by atoms with E-state index in [1.54, 1.807) is 0 Å². The van der Waals surface area contributed by atoms with Gasteiger partial charge in [-0.25, -0.2) is 9.97 Å². The van der Waals surface area contributed by atoms with Gasteiger partial charge < -0.3 is 0 Å². The van der Waals surface area contributed by atoms with Crippen LogP contribution in [0, 0.1) is 12.8 Å². The van der Waals surface area contributed by atoms with Gasteiger partial charge in [0, 0.05) is 23.2 Å². The molecule has 1 fully saturated rings. The van der Waals surface area contributed by atoms with Gasteiger partial charge in [0.05, 0.1) is 5.69 Å². The molecule has 88 valence electrons. The minimum absolute atomic E-state index is 0.649. The molecule has 2 unspecified atom stereocenters. The molecule has 2 nitrogen and oxygen atoms in total. The molecular weight excluding hydrogens is 220 g/mol. The molecular formula is C16H14N2. The molecule has 2 aliphatic rings. The number of fused-ring (bicyclic) bond motifs is 3. The lowest BCUT2D eigenvalue weighted by atomic mass is 10.0. The second kappa shape index (κ2) is 3.52. The Labute approximate surface area is 106 Å². The Bertz CT molecular complexity index is 658. The average Bonchev–Trinajstić information content (AvgIpc) is 3.18. The molecule has 0 N–H and O–H groups in total. The van der Waals surface area contributed by atoms with Gasteiger partial charge in [-0.05, 0) is 24.8 Å². The number of aryl methyl sites for hydroxylation is 1. The molecule has 0 amide bonds. The standard InChI is InChI=1S/C16H14N2/c1-10-4-2-3-5-13(10)16-17-9-12-7-6-11-8-14(11)15(12)18-16/h2-7,9,11,14H,8H2,1H3. The summed E-state index contributed by atoms with van der Waals surface area (Å²) in [6.45, 7) is 2.11. The van der Waals surface area contributed by atoms with Gasteiger partial charge in [0.2, 0.25) is 0 Å². The predicted molar refractivity (Wildman–Crippen MR) is 72.1 cm³/mol. The minimum Gasteiger partial charge on any atom is -0.236 e. The van der Waals surface area contributed by atoms with Crippen molar-refractivity contribution in [3.05, 3.63) is 53.4 Å². The van der Waals surface area contributed by atoms with E-state index in [9.17, 15) is 0 Å². The van der Waals surface area contributed by atoms with E-state index in [0.29, 0.717) is 5.92 Å². The van der Waals surface area contributed by atoms with E-state index in [4.69, 9.17) is 4.98 Å². The van der Waals surface area contributed by atoms with Crippen molar-refractivity contribution in [3.63, 3.8) is 0 Å². The predicted octanol–water partition coefficient (Wildman–Crippen LogP) is 3.58. The van der Waals surface area contributed by atoms with E-state index in [2.05, 4.69) is 42.3 Å². The number of rotatable bonds is 1. The Morgan fingerprint density at radius 1 is 1.22 bits per heavy atom. The second-order valence-electron chi connectivity index (χ2n) is 5.21. The van der Waals surface area contributed by atoms with Crippen molar-refractivity contribution in [3.8, 4) is 11.4 Å². The maximum absolute atomic E-state index is 4.80. The zero-order valence-electron chi connectivity index (χ0n) is 10.3. The van der Waals surface area contributed by atoms with Crippen LogP contribution in [0.3, 0.4) is 0 Å². The molecule has 2 aliphatic carbocycles. The van der Waals surface area contributed by atoms with Crippen molar-refractivity contribution in [1.82, 2.24) is 9.97 Å². The number of benzene rings is 1. The van der Waals surface area contributed by atoms with Gasteiger partial charge in [-0.3, -0.25) is 0 Å². The molecule has 4 rings (SSSR count). The Kier molecular flexibility index (Phi) is 1.95. The summed E-state index contributed by atoms with van der Waals surface area (Å²) in [5, 5.41) is 0. The fourth-order valence-corrected chi connectivity index (χ4v) is 2.75. The van der Waals surface area contributed by atoms with E-state index in [1.807, 2.05) is 12.3 Å². The van der Waals surface area contributed by atoms with E-state index < -0.39 is 0 Å². The maximum Gasteiger partial charge on any atom is 0.159 e. The highest BCUT2D eigenvalue weighted by Crippen LogP contribution is 2.51. The first-order valence-electron chi connectivity index (χ1n) is 6.44. The normalized spacial score (nSPS) is 23.4. The van der Waals surface area contributed by atoms with Crippen LogP contribution in [0.5, 0.6) is 0 Å². The summed E-state index contributed by atoms with van der Waals surface area (Å²) >= 11 is 0. The van der Waals surface area contributed by atoms with Crippen LogP contribution in [-0.2, 0) is 0 Å². The number of nitrogens with zero attached hydrogens (tertiary/aromatic N) is 2. The first-order valence-corrected chi connectivity index (χ1v) is 6.44. The van der Waals surface area contributed by atoms with Crippen molar-refractivity contribution < 1.29 is 0 Å². The second-order valence-corrected chi connectivity index (χ2v) is 5.21. The fourth-order valence-electron chi connectivity index (χ4n) is 2.75. The van der Waals surface area contributed by atoms with E-state index in [1.165, 1.54) is 23.2 Å². The molecule has 0 saturated heterocycles. The van der Waals surface area contributed by atoms with Crippen LogP contribution in [-0.4, -0.2) is 9.97 Å². The van der Waals surface area contributed by atoms with Gasteiger partial charge in [0.1, 0.15) is 0 Å². The van der Waals surface area contributed by atoms with Crippen LogP contribution < -0.4 is 0 Å². The van der Waals surface area contributed by atoms with Gasteiger partial charge in [0.15, 0.2) is 5.82 Å². The summed E-state index contributed by atoms with van der Waals surface area (Å²) < 4.78 is 0. The van der Waals surface area contributed by atoms with Crippen molar-refractivity contribution in [2.24, 2.45) is 5.92 Å². The lowest BCUT2D eigenvalue weighted by molar-refractivity contribution is 0.921. The summed E-state index contributed by atoms with van der Waals surface area (Å²) in [5.41, 5.74) is 4.82. The summed E-state index contributed by atoms with van der Waals surface area (Å²) in [4.78, 5) is 9.32. The molecule has 2 atom stereocenters. The molecule has 0 aliphatic heterocycles. The number of hydrogen-bond acceptors (Lipinski definition) is 2. The molecule has 1 aromatic heterocycles. The van der Waals surface area contributed by atoms with Crippen LogP contribution in [0.4, 0.5) is 0 Å². The molecule has 2 heteroatoms. The van der Waals surface area contributed by atoms with E-state index in [-0.39, 0.29) is 0 Å². The molecule has 1 saturated carbocycles. The monoisotopic (exact) mass is 234 g/mol. The van der Waals surface area contributed by atoms with Crippen molar-refractivity contribution in [2.45, 2.75) is 19.3 Å². The third kappa shape index (κ3) is 1.42. The Hall–Kier alpha value is -1.96. The molecule has 0 bridgehead atoms. The molecule has 18 heavy (non-hydrogen) atoms. The average molecular weight is 234 g/mol. The minimum atomic E-state index is 0.649. The summed E-state index contributed by atoms with van der Waals surface area (Å²) in [6, 6.07) is 8.31. The zero-order valence-corrected chi connectivity index (χ0v) is 10.3. The van der Waals surface area contributed by atoms with Crippen LogP contribution in [0.15, 0.2) is 36.5 Å². The van der Waals surface area contributed by atoms with Crippen molar-refractivity contribution >= 4 is 6.08 Å². The van der Waals surface area contributed by atoms with Crippen LogP contribution in [0.2, 0.25) is 0 Å². The number of hydrogen-bond donors (Lipinski definition) is 0. The zero-order chi connectivity index (χ0) is 12.1. The Morgan fingerprint density at radius 2 is 2.11 bits per heavy atom. The molecule has 0 radical (unpaired) electrons. The van der Waals surface area contributed by atoms with Gasteiger partial charge in [0.25, 0.3) is 0 Å². The lowest BCUT2D eigenvalue weighted by Crippen LogP contribution is -2.01. The van der Waals surface area contributed by atoms with Gasteiger partial charge in [-0.15, -0.1) is 0 Å². The topological polar surface area (TPSA) is 25.8 Å². The highest BCUT2D eigenvalue weighted by Gasteiger charge is 2.41. The SMILES string of the molecule is Cc1ccccc1-c1ncc2c(n1)C1CC1C=C2. The molecule has 1 aromatic carbocycles. The number of aromatic nitrogens is 2. The molecule has 1 heterocycles. The first kappa shape index (κ1) is 10.0. The van der Waals surface area contributed by atoms with Gasteiger partial charge >= 0.3 is 0 Å².